The van der Waals surface area contributed by atoms with Crippen LogP contribution in [0, 0.1) is 0 Å². The Morgan fingerprint density at radius 3 is 1.58 bits per heavy atom. The van der Waals surface area contributed by atoms with Crippen LogP contribution in [0.1, 0.15) is 25.0 Å². The van der Waals surface area contributed by atoms with E-state index in [1.807, 2.05) is 11.3 Å². The molecule has 0 unspecified atom stereocenters. The second-order valence-corrected chi connectivity index (χ2v) is 18.9. The van der Waals surface area contributed by atoms with Crippen LogP contribution in [-0.2, 0) is 5.41 Å². The second kappa shape index (κ2) is 15.0. The molecule has 12 aromatic rings. The lowest BCUT2D eigenvalue weighted by molar-refractivity contribution is 0.660. The highest BCUT2D eigenvalue weighted by Crippen LogP contribution is 2.50. The molecule has 1 aliphatic carbocycles. The van der Waals surface area contributed by atoms with Crippen LogP contribution >= 0.6 is 11.3 Å². The minimum absolute atomic E-state index is 0.161. The van der Waals surface area contributed by atoms with E-state index in [1.165, 1.54) is 86.4 Å². The molecule has 310 valence electrons. The summed E-state index contributed by atoms with van der Waals surface area (Å²) in [5.41, 5.74) is 15.2. The van der Waals surface area contributed by atoms with Gasteiger partial charge in [0.1, 0.15) is 0 Å². The molecule has 10 aromatic carbocycles. The maximum Gasteiger partial charge on any atom is 0.164 e. The van der Waals surface area contributed by atoms with Crippen LogP contribution in [0.15, 0.2) is 212 Å². The number of hydrogen-bond acceptors (Lipinski definition) is 4. The fourth-order valence-corrected chi connectivity index (χ4v) is 11.8. The van der Waals surface area contributed by atoms with E-state index in [1.54, 1.807) is 0 Å². The Kier molecular flexibility index (Phi) is 8.74. The largest absolute Gasteiger partial charge is 0.208 e. The highest BCUT2D eigenvalue weighted by Gasteiger charge is 2.35. The molecule has 0 saturated carbocycles. The van der Waals surface area contributed by atoms with Crippen molar-refractivity contribution in [3.05, 3.63) is 223 Å². The van der Waals surface area contributed by atoms with Gasteiger partial charge in [0, 0.05) is 47.8 Å². The lowest BCUT2D eigenvalue weighted by Crippen LogP contribution is -2.15. The summed E-state index contributed by atoms with van der Waals surface area (Å²) in [4.78, 5) is 16.1. The molecule has 4 heteroatoms. The van der Waals surface area contributed by atoms with Gasteiger partial charge in [0.05, 0.1) is 0 Å². The molecular formula is C62H41N3S. The van der Waals surface area contributed by atoms with Crippen molar-refractivity contribution in [2.75, 3.05) is 0 Å². The molecule has 2 heterocycles. The first-order chi connectivity index (χ1) is 32.5. The molecule has 13 rings (SSSR count). The molecule has 2 aromatic heterocycles. The molecule has 0 atom stereocenters. The fraction of sp³-hybridized carbons (Fsp3) is 0.0484. The van der Waals surface area contributed by atoms with E-state index >= 15 is 0 Å². The molecule has 1 aliphatic rings. The van der Waals surface area contributed by atoms with Crippen molar-refractivity contribution < 1.29 is 0 Å². The molecule has 0 saturated heterocycles. The van der Waals surface area contributed by atoms with Crippen LogP contribution in [0.2, 0.25) is 0 Å². The van der Waals surface area contributed by atoms with E-state index in [0.717, 1.165) is 27.6 Å². The summed E-state index contributed by atoms with van der Waals surface area (Å²) < 4.78 is 2.47. The van der Waals surface area contributed by atoms with Crippen molar-refractivity contribution in [1.82, 2.24) is 15.0 Å². The summed E-state index contributed by atoms with van der Waals surface area (Å²) >= 11 is 1.85. The Morgan fingerprint density at radius 2 is 0.818 bits per heavy atom. The van der Waals surface area contributed by atoms with Gasteiger partial charge < -0.3 is 0 Å². The predicted octanol–water partition coefficient (Wildman–Crippen LogP) is 16.9. The van der Waals surface area contributed by atoms with Crippen molar-refractivity contribution in [3.63, 3.8) is 0 Å². The molecule has 3 nitrogen and oxygen atoms in total. The molecule has 0 N–H and O–H groups in total. The molecule has 0 radical (unpaired) electrons. The summed E-state index contributed by atoms with van der Waals surface area (Å²) in [5.74, 6) is 1.96. The van der Waals surface area contributed by atoms with Gasteiger partial charge >= 0.3 is 0 Å². The van der Waals surface area contributed by atoms with E-state index in [2.05, 4.69) is 226 Å². The first kappa shape index (κ1) is 38.4. The third-order valence-corrected chi connectivity index (χ3v) is 15.0. The number of fused-ring (bicyclic) bond motifs is 9. The van der Waals surface area contributed by atoms with Crippen molar-refractivity contribution in [2.45, 2.75) is 19.3 Å². The van der Waals surface area contributed by atoms with Crippen LogP contribution in [0.5, 0.6) is 0 Å². The van der Waals surface area contributed by atoms with Crippen LogP contribution in [-0.4, -0.2) is 15.0 Å². The maximum atomic E-state index is 5.41. The Morgan fingerprint density at radius 1 is 0.318 bits per heavy atom. The van der Waals surface area contributed by atoms with Gasteiger partial charge in [0.2, 0.25) is 0 Å². The smallest absolute Gasteiger partial charge is 0.164 e. The third-order valence-electron chi connectivity index (χ3n) is 13.8. The van der Waals surface area contributed by atoms with Gasteiger partial charge in [-0.2, -0.15) is 0 Å². The summed E-state index contributed by atoms with van der Waals surface area (Å²) in [5, 5.41) is 7.30. The summed E-state index contributed by atoms with van der Waals surface area (Å²) in [6.45, 7) is 4.64. The minimum Gasteiger partial charge on any atom is -0.208 e. The van der Waals surface area contributed by atoms with E-state index in [9.17, 15) is 0 Å². The van der Waals surface area contributed by atoms with Crippen LogP contribution in [0.25, 0.3) is 120 Å². The molecular weight excluding hydrogens is 819 g/mol. The van der Waals surface area contributed by atoms with Crippen LogP contribution in [0.4, 0.5) is 0 Å². The second-order valence-electron chi connectivity index (χ2n) is 17.9. The standard InChI is InChI=1S/C62H41N3S/c1-62(2)54-27-14-13-23-48(54)49-33-32-42(36-55(49)62)60-63-59(41-30-28-39(29-31-41)38-16-5-3-6-17-38)64-61(65-60)53-37-56-57(50-24-12-11-22-46(50)53)52-26-15-25-51(58(52)66-56)47-35-34-43(40-18-7-4-8-19-40)44-20-9-10-21-45(44)47/h3-37H,1-2H3. The van der Waals surface area contributed by atoms with E-state index < -0.39 is 0 Å². The van der Waals surface area contributed by atoms with Crippen molar-refractivity contribution >= 4 is 53.1 Å². The van der Waals surface area contributed by atoms with Crippen molar-refractivity contribution in [2.24, 2.45) is 0 Å². The topological polar surface area (TPSA) is 38.7 Å². The summed E-state index contributed by atoms with van der Waals surface area (Å²) in [6.07, 6.45) is 0. The first-order valence-corrected chi connectivity index (χ1v) is 23.4. The summed E-state index contributed by atoms with van der Waals surface area (Å²) in [6, 6.07) is 76.6. The SMILES string of the molecule is CC1(C)c2ccccc2-c2ccc(-c3nc(-c4ccc(-c5ccccc5)cc4)nc(-c4cc5sc6c(-c7ccc(-c8ccccc8)c8ccccc78)cccc6c5c5ccccc45)n3)cc21. The zero-order chi connectivity index (χ0) is 43.9. The number of nitrogens with zero attached hydrogens (tertiary/aromatic N) is 3. The predicted molar refractivity (Wildman–Crippen MR) is 278 cm³/mol. The molecule has 0 spiro atoms. The monoisotopic (exact) mass is 859 g/mol. The molecule has 0 aliphatic heterocycles. The minimum atomic E-state index is -0.161. The van der Waals surface area contributed by atoms with Crippen molar-refractivity contribution in [3.8, 4) is 78.7 Å². The highest BCUT2D eigenvalue weighted by atomic mass is 32.1. The molecule has 0 fully saturated rings. The lowest BCUT2D eigenvalue weighted by Gasteiger charge is -2.21. The van der Waals surface area contributed by atoms with E-state index in [4.69, 9.17) is 15.0 Å². The number of benzene rings is 10. The summed E-state index contributed by atoms with van der Waals surface area (Å²) in [7, 11) is 0. The first-order valence-electron chi connectivity index (χ1n) is 22.6. The van der Waals surface area contributed by atoms with Crippen LogP contribution in [0.3, 0.4) is 0 Å². The van der Waals surface area contributed by atoms with Gasteiger partial charge in [-0.05, 0) is 83.7 Å². The number of thiophene rings is 1. The normalized spacial score (nSPS) is 12.8. The average Bonchev–Trinajstić information content (AvgIpc) is 3.88. The fourth-order valence-electron chi connectivity index (χ4n) is 10.5. The zero-order valence-corrected chi connectivity index (χ0v) is 37.3. The molecule has 0 bridgehead atoms. The van der Waals surface area contributed by atoms with Crippen molar-refractivity contribution in [1.29, 1.82) is 0 Å². The quantitative estimate of drug-likeness (QED) is 0.167. The zero-order valence-electron chi connectivity index (χ0n) is 36.5. The van der Waals surface area contributed by atoms with Crippen LogP contribution < -0.4 is 0 Å². The Hall–Kier alpha value is -8.05. The van der Waals surface area contributed by atoms with Gasteiger partial charge in [-0.15, -0.1) is 11.3 Å². The maximum absolute atomic E-state index is 5.41. The Bertz CT molecular complexity index is 3890. The average molecular weight is 860 g/mol. The Balaban J connectivity index is 1.01. The lowest BCUT2D eigenvalue weighted by atomic mass is 9.82. The van der Waals surface area contributed by atoms with Gasteiger partial charge in [0.25, 0.3) is 0 Å². The number of hydrogen-bond donors (Lipinski definition) is 0. The van der Waals surface area contributed by atoms with Gasteiger partial charge in [-0.1, -0.05) is 214 Å². The molecule has 66 heavy (non-hydrogen) atoms. The third kappa shape index (κ3) is 6.06. The van der Waals surface area contributed by atoms with E-state index in [-0.39, 0.29) is 5.41 Å². The highest BCUT2D eigenvalue weighted by molar-refractivity contribution is 7.26. The Labute approximate surface area is 387 Å². The van der Waals surface area contributed by atoms with Gasteiger partial charge in [-0.25, -0.2) is 15.0 Å². The van der Waals surface area contributed by atoms with Gasteiger partial charge in [0.15, 0.2) is 17.5 Å². The van der Waals surface area contributed by atoms with E-state index in [0.29, 0.717) is 17.5 Å². The molecule has 0 amide bonds. The number of rotatable bonds is 6. The number of aromatic nitrogens is 3. The van der Waals surface area contributed by atoms with Gasteiger partial charge in [-0.3, -0.25) is 0 Å².